The minimum Gasteiger partial charge on any atom is -0.560 e. The van der Waals surface area contributed by atoms with Crippen LogP contribution in [0.5, 0.6) is 0 Å². The van der Waals surface area contributed by atoms with E-state index in [0.29, 0.717) is 0 Å². The number of nitrogens with one attached hydrogen (secondary N) is 1. The van der Waals surface area contributed by atoms with E-state index in [9.17, 15) is 8.42 Å². The van der Waals surface area contributed by atoms with Crippen LogP contribution in [0.4, 0.5) is 0 Å². The molecule has 0 fully saturated rings. The topological polar surface area (TPSA) is 57.9 Å². The third-order valence-electron chi connectivity index (χ3n) is 0.731. The van der Waals surface area contributed by atoms with E-state index in [2.05, 4.69) is 0 Å². The van der Waals surface area contributed by atoms with Gasteiger partial charge < -0.3 is 5.14 Å². The SMILES string of the molecule is CCC/C=C/S([NH-])(=O)=O.[Na+]. The molecule has 0 radical (unpaired) electrons. The maximum absolute atomic E-state index is 10.1. The Labute approximate surface area is 84.0 Å². The maximum Gasteiger partial charge on any atom is 1.00 e. The van der Waals surface area contributed by atoms with Gasteiger partial charge in [-0.2, -0.15) is 0 Å². The Morgan fingerprint density at radius 1 is 1.50 bits per heavy atom. The second-order valence-corrected chi connectivity index (χ2v) is 3.07. The van der Waals surface area contributed by atoms with Gasteiger partial charge in [0.2, 0.25) is 0 Å². The molecule has 0 saturated heterocycles. The van der Waals surface area contributed by atoms with Crippen LogP contribution in [0.25, 0.3) is 5.14 Å². The van der Waals surface area contributed by atoms with Crippen molar-refractivity contribution in [2.75, 3.05) is 0 Å². The summed E-state index contributed by atoms with van der Waals surface area (Å²) in [7, 11) is -3.63. The molecule has 0 spiro atoms. The molecule has 0 rings (SSSR count). The third-order valence-corrected chi connectivity index (χ3v) is 1.28. The van der Waals surface area contributed by atoms with Gasteiger partial charge in [-0.15, -0.1) is 0 Å². The molecule has 1 N–H and O–H groups in total. The van der Waals surface area contributed by atoms with Crippen molar-refractivity contribution >= 4 is 10.0 Å². The zero-order valence-corrected chi connectivity index (χ0v) is 9.11. The van der Waals surface area contributed by atoms with Crippen LogP contribution in [0, 0.1) is 0 Å². The van der Waals surface area contributed by atoms with Crippen molar-refractivity contribution in [1.82, 2.24) is 0 Å². The molecule has 0 amide bonds. The van der Waals surface area contributed by atoms with E-state index < -0.39 is 10.0 Å². The van der Waals surface area contributed by atoms with E-state index in [1.807, 2.05) is 6.92 Å². The Bertz CT molecular complexity index is 186. The molecular formula is C5H10NNaO2S. The second-order valence-electron chi connectivity index (χ2n) is 1.71. The molecule has 0 aromatic heterocycles. The van der Waals surface area contributed by atoms with E-state index in [1.54, 1.807) is 0 Å². The Morgan fingerprint density at radius 3 is 2.30 bits per heavy atom. The van der Waals surface area contributed by atoms with Crippen molar-refractivity contribution in [2.24, 2.45) is 0 Å². The first-order valence-corrected chi connectivity index (χ1v) is 4.27. The molecule has 0 aliphatic rings. The standard InChI is InChI=1S/C5H10NO2S.Na/c1-2-3-4-5-9(6,7)8;/h4-5H,2-3H2,1H3,(H-,6,7,8);/q-1;+1/b5-4+;. The molecule has 3 nitrogen and oxygen atoms in total. The first-order valence-electron chi connectivity index (χ1n) is 2.72. The number of allylic oxidation sites excluding steroid dienone is 1. The summed E-state index contributed by atoms with van der Waals surface area (Å²) in [5.74, 6) is 0. The van der Waals surface area contributed by atoms with Gasteiger partial charge in [0.1, 0.15) is 0 Å². The molecule has 0 aliphatic carbocycles. The Balaban J connectivity index is 0. The first-order chi connectivity index (χ1) is 4.06. The fraction of sp³-hybridized carbons (Fsp3) is 0.600. The summed E-state index contributed by atoms with van der Waals surface area (Å²) in [6.07, 6.45) is 3.12. The number of sulfonamides is 1. The fourth-order valence-corrected chi connectivity index (χ4v) is 0.751. The summed E-state index contributed by atoms with van der Waals surface area (Å²) < 4.78 is 20.2. The number of hydrogen-bond donors (Lipinski definition) is 0. The van der Waals surface area contributed by atoms with E-state index in [4.69, 9.17) is 5.14 Å². The molecule has 5 heteroatoms. The molecular weight excluding hydrogens is 161 g/mol. The molecule has 0 atom stereocenters. The molecule has 0 unspecified atom stereocenters. The van der Waals surface area contributed by atoms with Crippen molar-refractivity contribution in [2.45, 2.75) is 19.8 Å². The van der Waals surface area contributed by atoms with Gasteiger partial charge in [0.25, 0.3) is 0 Å². The molecule has 0 aromatic rings. The molecule has 0 aliphatic heterocycles. The monoisotopic (exact) mass is 171 g/mol. The summed E-state index contributed by atoms with van der Waals surface area (Å²) in [6.45, 7) is 1.95. The zero-order chi connectivity index (χ0) is 7.33. The van der Waals surface area contributed by atoms with E-state index in [1.165, 1.54) is 6.08 Å². The van der Waals surface area contributed by atoms with E-state index in [-0.39, 0.29) is 29.6 Å². The predicted molar refractivity (Wildman–Crippen MR) is 37.3 cm³/mol. The number of unbranched alkanes of at least 4 members (excludes halogenated alkanes) is 1. The molecule has 0 aromatic carbocycles. The van der Waals surface area contributed by atoms with Crippen LogP contribution >= 0.6 is 0 Å². The summed E-state index contributed by atoms with van der Waals surface area (Å²) in [5, 5.41) is 7.31. The van der Waals surface area contributed by atoms with Gasteiger partial charge in [0, 0.05) is 5.41 Å². The van der Waals surface area contributed by atoms with Gasteiger partial charge in [-0.25, -0.2) is 8.42 Å². The van der Waals surface area contributed by atoms with Crippen LogP contribution in [0.2, 0.25) is 0 Å². The molecule has 54 valence electrons. The van der Waals surface area contributed by atoms with Crippen LogP contribution in [0.15, 0.2) is 11.5 Å². The first kappa shape index (κ1) is 13.3. The van der Waals surface area contributed by atoms with Crippen molar-refractivity contribution in [3.63, 3.8) is 0 Å². The fourth-order valence-electron chi connectivity index (χ4n) is 0.361. The minimum absolute atomic E-state index is 0. The van der Waals surface area contributed by atoms with Crippen LogP contribution in [-0.2, 0) is 10.0 Å². The summed E-state index contributed by atoms with van der Waals surface area (Å²) in [6, 6.07) is 0. The second kappa shape index (κ2) is 6.37. The minimum atomic E-state index is -3.63. The van der Waals surface area contributed by atoms with E-state index >= 15 is 0 Å². The van der Waals surface area contributed by atoms with Gasteiger partial charge in [-0.1, -0.05) is 19.4 Å². The summed E-state index contributed by atoms with van der Waals surface area (Å²) >= 11 is 0. The van der Waals surface area contributed by atoms with E-state index in [0.717, 1.165) is 18.2 Å². The molecule has 0 bridgehead atoms. The van der Waals surface area contributed by atoms with Crippen LogP contribution in [0.3, 0.4) is 0 Å². The summed E-state index contributed by atoms with van der Waals surface area (Å²) in [4.78, 5) is 0. The average molecular weight is 171 g/mol. The van der Waals surface area contributed by atoms with Gasteiger partial charge in [-0.3, -0.25) is 0 Å². The van der Waals surface area contributed by atoms with Gasteiger partial charge in [0.15, 0.2) is 0 Å². The average Bonchev–Trinajstić information content (AvgIpc) is 1.63. The van der Waals surface area contributed by atoms with Crippen LogP contribution in [0.1, 0.15) is 19.8 Å². The Kier molecular flexibility index (Phi) is 8.44. The normalized spacial score (nSPS) is 11.4. The van der Waals surface area contributed by atoms with Crippen molar-refractivity contribution in [1.29, 1.82) is 0 Å². The largest absolute Gasteiger partial charge is 1.00 e. The Morgan fingerprint density at radius 2 is 2.00 bits per heavy atom. The van der Waals surface area contributed by atoms with Crippen molar-refractivity contribution in [3.05, 3.63) is 16.6 Å². The number of rotatable bonds is 3. The Hall–Kier alpha value is 0.650. The maximum atomic E-state index is 10.1. The van der Waals surface area contributed by atoms with Gasteiger partial charge in [-0.05, 0) is 6.42 Å². The zero-order valence-electron chi connectivity index (χ0n) is 6.29. The van der Waals surface area contributed by atoms with Gasteiger partial charge in [0.05, 0.1) is 10.0 Å². The summed E-state index contributed by atoms with van der Waals surface area (Å²) in [5.41, 5.74) is 0. The van der Waals surface area contributed by atoms with Crippen molar-refractivity contribution < 1.29 is 38.0 Å². The van der Waals surface area contributed by atoms with Gasteiger partial charge >= 0.3 is 29.6 Å². The molecule has 10 heavy (non-hydrogen) atoms. The smallest absolute Gasteiger partial charge is 0.560 e. The van der Waals surface area contributed by atoms with Crippen LogP contribution < -0.4 is 29.6 Å². The molecule has 0 saturated carbocycles. The van der Waals surface area contributed by atoms with Crippen LogP contribution in [-0.4, -0.2) is 8.42 Å². The quantitative estimate of drug-likeness (QED) is 0.495. The van der Waals surface area contributed by atoms with Crippen molar-refractivity contribution in [3.8, 4) is 0 Å². The molecule has 0 heterocycles. The third kappa shape index (κ3) is 11.4. The predicted octanol–water partition coefficient (Wildman–Crippen LogP) is -1.31. The number of hydrogen-bond acceptors (Lipinski definition) is 2.